The van der Waals surface area contributed by atoms with Crippen molar-refractivity contribution in [3.63, 3.8) is 0 Å². The predicted octanol–water partition coefficient (Wildman–Crippen LogP) is 3.01. The van der Waals surface area contributed by atoms with Gasteiger partial charge in [0.25, 0.3) is 0 Å². The summed E-state index contributed by atoms with van der Waals surface area (Å²) in [4.78, 5) is 31.8. The lowest BCUT2D eigenvalue weighted by molar-refractivity contribution is -0.118. The average Bonchev–Trinajstić information content (AvgIpc) is 3.36. The molecule has 29 heavy (non-hydrogen) atoms. The fourth-order valence-corrected chi connectivity index (χ4v) is 3.78. The smallest absolute Gasteiger partial charge is 0.340 e. The highest BCUT2D eigenvalue weighted by atomic mass is 32.1. The number of anilines is 1. The van der Waals surface area contributed by atoms with Gasteiger partial charge < -0.3 is 14.6 Å². The van der Waals surface area contributed by atoms with Crippen molar-refractivity contribution in [2.75, 3.05) is 31.6 Å². The summed E-state index contributed by atoms with van der Waals surface area (Å²) in [5.74, 6) is 0.672. The third kappa shape index (κ3) is 4.36. The largest absolute Gasteiger partial charge is 0.462 e. The maximum Gasteiger partial charge on any atom is 0.340 e. The Balaban J connectivity index is 1.30. The van der Waals surface area contributed by atoms with E-state index in [9.17, 15) is 9.59 Å². The van der Waals surface area contributed by atoms with Crippen LogP contribution in [-0.2, 0) is 9.53 Å². The quantitative estimate of drug-likeness (QED) is 0.596. The summed E-state index contributed by atoms with van der Waals surface area (Å²) in [6.45, 7) is 3.57. The second kappa shape index (κ2) is 8.54. The molecule has 3 aromatic rings. The number of aromatic nitrogens is 2. The van der Waals surface area contributed by atoms with Crippen LogP contribution >= 0.6 is 11.3 Å². The molecule has 2 aromatic heterocycles. The number of carbonyl (C=O) groups excluding carboxylic acids is 2. The van der Waals surface area contributed by atoms with Gasteiger partial charge in [-0.2, -0.15) is 4.98 Å². The second-order valence-corrected chi connectivity index (χ2v) is 7.59. The fraction of sp³-hybridized carbons (Fsp3) is 0.300. The summed E-state index contributed by atoms with van der Waals surface area (Å²) >= 11 is 1.56. The van der Waals surface area contributed by atoms with Crippen LogP contribution in [-0.4, -0.2) is 53.2 Å². The Kier molecular flexibility index (Phi) is 5.68. The first-order valence-corrected chi connectivity index (χ1v) is 10.2. The summed E-state index contributed by atoms with van der Waals surface area (Å²) in [7, 11) is 0. The van der Waals surface area contributed by atoms with Crippen molar-refractivity contribution >= 4 is 28.9 Å². The van der Waals surface area contributed by atoms with Crippen molar-refractivity contribution < 1.29 is 18.8 Å². The highest BCUT2D eigenvalue weighted by Gasteiger charge is 2.33. The van der Waals surface area contributed by atoms with Gasteiger partial charge >= 0.3 is 5.97 Å². The molecule has 0 aliphatic carbocycles. The van der Waals surface area contributed by atoms with Crippen LogP contribution in [0.5, 0.6) is 0 Å². The molecule has 3 heterocycles. The number of thiophene rings is 1. The molecule has 8 nitrogen and oxygen atoms in total. The third-order valence-corrected chi connectivity index (χ3v) is 5.42. The van der Waals surface area contributed by atoms with E-state index < -0.39 is 5.97 Å². The fourth-order valence-electron chi connectivity index (χ4n) is 3.13. The van der Waals surface area contributed by atoms with Crippen molar-refractivity contribution in [1.29, 1.82) is 0 Å². The zero-order valence-electron chi connectivity index (χ0n) is 15.8. The molecular formula is C20H20N4O4S. The number of rotatable bonds is 7. The zero-order valence-corrected chi connectivity index (χ0v) is 16.6. The van der Waals surface area contributed by atoms with Crippen molar-refractivity contribution in [3.05, 3.63) is 53.2 Å². The van der Waals surface area contributed by atoms with Crippen LogP contribution in [0.25, 0.3) is 10.7 Å². The van der Waals surface area contributed by atoms with E-state index in [1.54, 1.807) is 42.5 Å². The molecule has 1 amide bonds. The SMILES string of the molecule is CCOC(=O)c1ccccc1NC(=O)CN1CC(c2nc(-c3cccs3)no2)C1. The van der Waals surface area contributed by atoms with Gasteiger partial charge in [-0.05, 0) is 30.5 Å². The van der Waals surface area contributed by atoms with Gasteiger partial charge in [0.05, 0.1) is 35.2 Å². The minimum atomic E-state index is -0.453. The maximum absolute atomic E-state index is 12.4. The molecular weight excluding hydrogens is 392 g/mol. The molecule has 0 atom stereocenters. The Hall–Kier alpha value is -3.04. The minimum Gasteiger partial charge on any atom is -0.462 e. The molecule has 0 unspecified atom stereocenters. The molecule has 0 spiro atoms. The molecule has 0 bridgehead atoms. The van der Waals surface area contributed by atoms with E-state index in [4.69, 9.17) is 9.26 Å². The Bertz CT molecular complexity index is 996. The van der Waals surface area contributed by atoms with E-state index in [1.807, 2.05) is 22.4 Å². The third-order valence-electron chi connectivity index (χ3n) is 4.55. The van der Waals surface area contributed by atoms with E-state index in [0.29, 0.717) is 36.1 Å². The molecule has 0 saturated carbocycles. The minimum absolute atomic E-state index is 0.121. The van der Waals surface area contributed by atoms with Crippen molar-refractivity contribution in [3.8, 4) is 10.7 Å². The summed E-state index contributed by atoms with van der Waals surface area (Å²) in [6.07, 6.45) is 0. The van der Waals surface area contributed by atoms with Crippen molar-refractivity contribution in [1.82, 2.24) is 15.0 Å². The number of likely N-dealkylation sites (tertiary alicyclic amines) is 1. The average molecular weight is 412 g/mol. The van der Waals surface area contributed by atoms with Gasteiger partial charge in [0.1, 0.15) is 0 Å². The molecule has 0 radical (unpaired) electrons. The first-order valence-electron chi connectivity index (χ1n) is 9.30. The number of nitrogens with zero attached hydrogens (tertiary/aromatic N) is 3. The maximum atomic E-state index is 12.4. The Labute approximate surface area is 171 Å². The van der Waals surface area contributed by atoms with E-state index >= 15 is 0 Å². The second-order valence-electron chi connectivity index (χ2n) is 6.64. The number of carbonyl (C=O) groups is 2. The summed E-state index contributed by atoms with van der Waals surface area (Å²) in [6, 6.07) is 10.7. The molecule has 9 heteroatoms. The summed E-state index contributed by atoms with van der Waals surface area (Å²) < 4.78 is 10.4. The number of esters is 1. The normalized spacial score (nSPS) is 14.4. The lowest BCUT2D eigenvalue weighted by Gasteiger charge is -2.36. The van der Waals surface area contributed by atoms with Gasteiger partial charge in [0.2, 0.25) is 17.6 Å². The molecule has 1 N–H and O–H groups in total. The highest BCUT2D eigenvalue weighted by Crippen LogP contribution is 2.28. The summed E-state index contributed by atoms with van der Waals surface area (Å²) in [5.41, 5.74) is 0.793. The number of hydrogen-bond acceptors (Lipinski definition) is 8. The lowest BCUT2D eigenvalue weighted by Crippen LogP contribution is -2.48. The highest BCUT2D eigenvalue weighted by molar-refractivity contribution is 7.13. The van der Waals surface area contributed by atoms with E-state index in [0.717, 1.165) is 4.88 Å². The molecule has 4 rings (SSSR count). The van der Waals surface area contributed by atoms with Crippen LogP contribution in [0.3, 0.4) is 0 Å². The Morgan fingerprint density at radius 1 is 1.28 bits per heavy atom. The van der Waals surface area contributed by atoms with Crippen LogP contribution in [0.15, 0.2) is 46.3 Å². The van der Waals surface area contributed by atoms with Gasteiger partial charge in [-0.15, -0.1) is 11.3 Å². The first-order chi connectivity index (χ1) is 14.1. The topological polar surface area (TPSA) is 97.6 Å². The van der Waals surface area contributed by atoms with Crippen molar-refractivity contribution in [2.24, 2.45) is 0 Å². The van der Waals surface area contributed by atoms with Crippen LogP contribution < -0.4 is 5.32 Å². The zero-order chi connectivity index (χ0) is 20.2. The number of hydrogen-bond donors (Lipinski definition) is 1. The van der Waals surface area contributed by atoms with Gasteiger partial charge in [0, 0.05) is 13.1 Å². The van der Waals surface area contributed by atoms with Crippen molar-refractivity contribution in [2.45, 2.75) is 12.8 Å². The van der Waals surface area contributed by atoms with Crippen LogP contribution in [0.2, 0.25) is 0 Å². The molecule has 1 aromatic carbocycles. The van der Waals surface area contributed by atoms with Crippen LogP contribution in [0.1, 0.15) is 29.1 Å². The van der Waals surface area contributed by atoms with E-state index in [-0.39, 0.29) is 25.0 Å². The van der Waals surface area contributed by atoms with Gasteiger partial charge in [-0.3, -0.25) is 9.69 Å². The predicted molar refractivity (Wildman–Crippen MR) is 108 cm³/mol. The van der Waals surface area contributed by atoms with Crippen LogP contribution in [0.4, 0.5) is 5.69 Å². The molecule has 1 saturated heterocycles. The lowest BCUT2D eigenvalue weighted by atomic mass is 10.0. The summed E-state index contributed by atoms with van der Waals surface area (Å²) in [5, 5.41) is 8.79. The molecule has 1 aliphatic heterocycles. The first kappa shape index (κ1) is 19.3. The molecule has 150 valence electrons. The molecule has 1 fully saturated rings. The number of amides is 1. The Morgan fingerprint density at radius 2 is 2.10 bits per heavy atom. The van der Waals surface area contributed by atoms with Crippen LogP contribution in [0, 0.1) is 0 Å². The monoisotopic (exact) mass is 412 g/mol. The van der Waals surface area contributed by atoms with Gasteiger partial charge in [-0.25, -0.2) is 4.79 Å². The number of ether oxygens (including phenoxy) is 1. The van der Waals surface area contributed by atoms with Gasteiger partial charge in [-0.1, -0.05) is 23.4 Å². The van der Waals surface area contributed by atoms with E-state index in [2.05, 4.69) is 15.5 Å². The van der Waals surface area contributed by atoms with Gasteiger partial charge in [0.15, 0.2) is 0 Å². The Morgan fingerprint density at radius 3 is 2.86 bits per heavy atom. The molecule has 1 aliphatic rings. The standard InChI is InChI=1S/C20H20N4O4S/c1-2-27-20(26)14-6-3-4-7-15(14)21-17(25)12-24-10-13(11-24)19-22-18(23-28-19)16-8-5-9-29-16/h3-9,13H,2,10-12H2,1H3,(H,21,25). The number of para-hydroxylation sites is 1. The van der Waals surface area contributed by atoms with E-state index in [1.165, 1.54) is 0 Å². The number of benzene rings is 1. The number of nitrogens with one attached hydrogen (secondary N) is 1.